The lowest BCUT2D eigenvalue weighted by atomic mass is 9.91. The molecule has 0 atom stereocenters. The minimum absolute atomic E-state index is 0.315. The zero-order valence-electron chi connectivity index (χ0n) is 18.0. The van der Waals surface area contributed by atoms with E-state index in [0.29, 0.717) is 27.3 Å². The van der Waals surface area contributed by atoms with Crippen molar-refractivity contribution in [2.45, 2.75) is 13.5 Å². The second-order valence-corrected chi connectivity index (χ2v) is 8.91. The summed E-state index contributed by atoms with van der Waals surface area (Å²) < 4.78 is 0. The molecule has 5 rings (SSSR count). The van der Waals surface area contributed by atoms with Crippen LogP contribution in [-0.2, 0) is 16.1 Å². The molecule has 1 aromatic heterocycles. The van der Waals surface area contributed by atoms with E-state index < -0.39 is 11.8 Å². The Labute approximate surface area is 190 Å². The number of H-pyrrole nitrogens is 1. The van der Waals surface area contributed by atoms with Gasteiger partial charge in [-0.3, -0.25) is 14.9 Å². The fraction of sp³-hybridized carbons (Fsp3) is 0.154. The Hall–Kier alpha value is -3.41. The lowest BCUT2D eigenvalue weighted by Crippen LogP contribution is -2.22. The molecule has 4 aromatic rings. The minimum atomic E-state index is -0.431. The molecule has 0 spiro atoms. The molecular formula is C26H22ClN3O2. The second-order valence-electron chi connectivity index (χ2n) is 8.50. The molecule has 0 unspecified atom stereocenters. The third-order valence-corrected chi connectivity index (χ3v) is 6.14. The fourth-order valence-corrected chi connectivity index (χ4v) is 4.71. The average molecular weight is 444 g/mol. The number of rotatable bonds is 4. The maximum absolute atomic E-state index is 13.1. The van der Waals surface area contributed by atoms with Crippen LogP contribution >= 0.6 is 11.6 Å². The van der Waals surface area contributed by atoms with Crippen molar-refractivity contribution in [1.82, 2.24) is 15.2 Å². The van der Waals surface area contributed by atoms with Gasteiger partial charge in [0.1, 0.15) is 0 Å². The zero-order valence-corrected chi connectivity index (χ0v) is 18.8. The molecule has 5 nitrogen and oxygen atoms in total. The summed E-state index contributed by atoms with van der Waals surface area (Å²) in [5, 5.41) is 5.63. The van der Waals surface area contributed by atoms with Gasteiger partial charge >= 0.3 is 0 Å². The van der Waals surface area contributed by atoms with Crippen molar-refractivity contribution in [2.24, 2.45) is 0 Å². The summed E-state index contributed by atoms with van der Waals surface area (Å²) in [5.74, 6) is -0.843. The van der Waals surface area contributed by atoms with Gasteiger partial charge in [-0.1, -0.05) is 41.4 Å². The van der Waals surface area contributed by atoms with E-state index in [4.69, 9.17) is 11.6 Å². The van der Waals surface area contributed by atoms with Gasteiger partial charge in [-0.2, -0.15) is 0 Å². The first-order valence-corrected chi connectivity index (χ1v) is 10.8. The topological polar surface area (TPSA) is 65.2 Å². The Bertz CT molecular complexity index is 1460. The standard InChI is InChI=1S/C26H22ClN3O2/c1-14-4-9-21-18(10-14)19(12-28-21)23-24(26(32)29-25(23)31)22-17-11-15(13-30(2)3)5-6-16(17)7-8-20(22)27/h4-12,28H,13H2,1-3H3,(H,29,31,32). The normalized spacial score (nSPS) is 14.3. The number of imide groups is 1. The highest BCUT2D eigenvalue weighted by Gasteiger charge is 2.35. The minimum Gasteiger partial charge on any atom is -0.361 e. The number of hydrogen-bond donors (Lipinski definition) is 2. The van der Waals surface area contributed by atoms with Gasteiger partial charge in [0.2, 0.25) is 0 Å². The summed E-state index contributed by atoms with van der Waals surface area (Å²) in [7, 11) is 4.01. The number of halogens is 1. The molecular weight excluding hydrogens is 422 g/mol. The van der Waals surface area contributed by atoms with Gasteiger partial charge in [0.15, 0.2) is 0 Å². The van der Waals surface area contributed by atoms with Crippen molar-refractivity contribution in [3.63, 3.8) is 0 Å². The van der Waals surface area contributed by atoms with Crippen molar-refractivity contribution in [3.8, 4) is 0 Å². The van der Waals surface area contributed by atoms with E-state index in [-0.39, 0.29) is 0 Å². The number of nitrogens with one attached hydrogen (secondary N) is 2. The molecule has 3 aromatic carbocycles. The summed E-state index contributed by atoms with van der Waals surface area (Å²) in [6.45, 7) is 2.75. The van der Waals surface area contributed by atoms with Crippen LogP contribution in [0, 0.1) is 6.92 Å². The van der Waals surface area contributed by atoms with E-state index in [1.54, 1.807) is 12.3 Å². The monoisotopic (exact) mass is 443 g/mol. The SMILES string of the molecule is Cc1ccc2[nH]cc(C3=C(c4c(Cl)ccc5ccc(CN(C)C)cc45)C(=O)NC3=O)c2c1. The number of amides is 2. The average Bonchev–Trinajstić information content (AvgIpc) is 3.26. The Morgan fingerprint density at radius 3 is 2.44 bits per heavy atom. The molecule has 2 amide bonds. The number of benzene rings is 3. The first kappa shape index (κ1) is 20.5. The van der Waals surface area contributed by atoms with Gasteiger partial charge in [-0.15, -0.1) is 0 Å². The Kier molecular flexibility index (Phi) is 4.88. The van der Waals surface area contributed by atoms with Gasteiger partial charge in [0.05, 0.1) is 11.1 Å². The maximum Gasteiger partial charge on any atom is 0.259 e. The van der Waals surface area contributed by atoms with E-state index in [9.17, 15) is 9.59 Å². The van der Waals surface area contributed by atoms with Crippen LogP contribution in [0.15, 0.2) is 54.7 Å². The number of nitrogens with zero attached hydrogens (tertiary/aromatic N) is 1. The number of aromatic amines is 1. The maximum atomic E-state index is 13.1. The number of carbonyl (C=O) groups excluding carboxylic acids is 2. The molecule has 32 heavy (non-hydrogen) atoms. The predicted octanol–water partition coefficient (Wildman–Crippen LogP) is 4.91. The highest BCUT2D eigenvalue weighted by molar-refractivity contribution is 6.52. The molecule has 0 fully saturated rings. The molecule has 0 saturated carbocycles. The summed E-state index contributed by atoms with van der Waals surface area (Å²) in [6.07, 6.45) is 1.79. The van der Waals surface area contributed by atoms with Crippen LogP contribution in [0.25, 0.3) is 32.8 Å². The summed E-state index contributed by atoms with van der Waals surface area (Å²) >= 11 is 6.68. The third kappa shape index (κ3) is 3.30. The summed E-state index contributed by atoms with van der Waals surface area (Å²) in [4.78, 5) is 31.4. The van der Waals surface area contributed by atoms with Crippen LogP contribution in [-0.4, -0.2) is 35.8 Å². The van der Waals surface area contributed by atoms with Gasteiger partial charge < -0.3 is 9.88 Å². The lowest BCUT2D eigenvalue weighted by Gasteiger charge is -2.14. The molecule has 160 valence electrons. The quantitative estimate of drug-likeness (QED) is 0.440. The van der Waals surface area contributed by atoms with Crippen molar-refractivity contribution >= 4 is 56.2 Å². The third-order valence-electron chi connectivity index (χ3n) is 5.82. The Morgan fingerprint density at radius 1 is 0.906 bits per heavy atom. The zero-order chi connectivity index (χ0) is 22.6. The highest BCUT2D eigenvalue weighted by atomic mass is 35.5. The first-order chi connectivity index (χ1) is 15.3. The van der Waals surface area contributed by atoms with Crippen molar-refractivity contribution in [2.75, 3.05) is 14.1 Å². The van der Waals surface area contributed by atoms with E-state index >= 15 is 0 Å². The largest absolute Gasteiger partial charge is 0.361 e. The van der Waals surface area contributed by atoms with Crippen LogP contribution in [0.4, 0.5) is 0 Å². The molecule has 0 radical (unpaired) electrons. The van der Waals surface area contributed by atoms with Crippen molar-refractivity contribution < 1.29 is 9.59 Å². The van der Waals surface area contributed by atoms with Crippen LogP contribution in [0.1, 0.15) is 22.3 Å². The van der Waals surface area contributed by atoms with E-state index in [0.717, 1.165) is 39.3 Å². The van der Waals surface area contributed by atoms with E-state index in [2.05, 4.69) is 27.3 Å². The van der Waals surface area contributed by atoms with Crippen molar-refractivity contribution in [1.29, 1.82) is 0 Å². The van der Waals surface area contributed by atoms with Crippen LogP contribution in [0.5, 0.6) is 0 Å². The molecule has 1 aliphatic rings. The summed E-state index contributed by atoms with van der Waals surface area (Å²) in [6, 6.07) is 15.9. The fourth-order valence-electron chi connectivity index (χ4n) is 4.45. The smallest absolute Gasteiger partial charge is 0.259 e. The second kappa shape index (κ2) is 7.62. The van der Waals surface area contributed by atoms with Gasteiger partial charge in [-0.05, 0) is 61.6 Å². The van der Waals surface area contributed by atoms with Crippen LogP contribution < -0.4 is 5.32 Å². The molecule has 0 saturated heterocycles. The highest BCUT2D eigenvalue weighted by Crippen LogP contribution is 2.41. The van der Waals surface area contributed by atoms with Crippen LogP contribution in [0.2, 0.25) is 5.02 Å². The number of fused-ring (bicyclic) bond motifs is 2. The van der Waals surface area contributed by atoms with Gasteiger partial charge in [0.25, 0.3) is 11.8 Å². The number of aromatic nitrogens is 1. The molecule has 6 heteroatoms. The molecule has 2 heterocycles. The summed E-state index contributed by atoms with van der Waals surface area (Å²) in [5.41, 5.74) is 5.02. The van der Waals surface area contributed by atoms with Crippen molar-refractivity contribution in [3.05, 3.63) is 82.0 Å². The predicted molar refractivity (Wildman–Crippen MR) is 129 cm³/mol. The Morgan fingerprint density at radius 2 is 1.66 bits per heavy atom. The van der Waals surface area contributed by atoms with Gasteiger partial charge in [-0.25, -0.2) is 0 Å². The molecule has 1 aliphatic heterocycles. The molecule has 0 bridgehead atoms. The number of hydrogen-bond acceptors (Lipinski definition) is 3. The lowest BCUT2D eigenvalue weighted by molar-refractivity contribution is -0.122. The molecule has 2 N–H and O–H groups in total. The van der Waals surface area contributed by atoms with E-state index in [1.165, 1.54) is 0 Å². The number of carbonyl (C=O) groups is 2. The van der Waals surface area contributed by atoms with E-state index in [1.807, 2.05) is 51.4 Å². The van der Waals surface area contributed by atoms with Gasteiger partial charge in [0, 0.05) is 39.8 Å². The Balaban J connectivity index is 1.84. The molecule has 0 aliphatic carbocycles. The number of aryl methyl sites for hydroxylation is 1. The van der Waals surface area contributed by atoms with Crippen LogP contribution in [0.3, 0.4) is 0 Å². The first-order valence-electron chi connectivity index (χ1n) is 10.4.